The molecule has 8 heteroatoms. The first kappa shape index (κ1) is 21.0. The summed E-state index contributed by atoms with van der Waals surface area (Å²) in [6, 6.07) is 10.4. The van der Waals surface area contributed by atoms with Gasteiger partial charge in [0, 0.05) is 43.7 Å². The van der Waals surface area contributed by atoms with Crippen molar-refractivity contribution in [3.63, 3.8) is 0 Å². The van der Waals surface area contributed by atoms with E-state index in [2.05, 4.69) is 10.5 Å². The third-order valence-corrected chi connectivity index (χ3v) is 5.63. The SMILES string of the molecule is CONC1=CN(C(=O)c2ccc(-c3cccnc3)cc2)C(C(=O)N2CCCC(O)C2)C1. The zero-order valence-corrected chi connectivity index (χ0v) is 17.4. The number of piperidine rings is 1. The van der Waals surface area contributed by atoms with E-state index in [1.54, 1.807) is 35.6 Å². The van der Waals surface area contributed by atoms with Crippen molar-refractivity contribution < 1.29 is 19.5 Å². The van der Waals surface area contributed by atoms with Crippen LogP contribution in [0.4, 0.5) is 0 Å². The number of aliphatic hydroxyl groups is 1. The zero-order valence-electron chi connectivity index (χ0n) is 17.4. The van der Waals surface area contributed by atoms with Crippen molar-refractivity contribution >= 4 is 11.8 Å². The van der Waals surface area contributed by atoms with Gasteiger partial charge in [0.05, 0.1) is 18.9 Å². The largest absolute Gasteiger partial charge is 0.391 e. The first-order chi connectivity index (χ1) is 15.1. The van der Waals surface area contributed by atoms with E-state index in [1.807, 2.05) is 24.3 Å². The summed E-state index contributed by atoms with van der Waals surface area (Å²) in [5.74, 6) is -0.426. The Bertz CT molecular complexity index is 961. The Morgan fingerprint density at radius 2 is 2.00 bits per heavy atom. The maximum atomic E-state index is 13.3. The first-order valence-electron chi connectivity index (χ1n) is 10.4. The Kier molecular flexibility index (Phi) is 6.29. The topological polar surface area (TPSA) is 95.0 Å². The van der Waals surface area contributed by atoms with Crippen LogP contribution >= 0.6 is 0 Å². The molecule has 1 aromatic carbocycles. The van der Waals surface area contributed by atoms with Crippen LogP contribution in [-0.4, -0.2) is 64.0 Å². The number of aromatic nitrogens is 1. The maximum absolute atomic E-state index is 13.3. The van der Waals surface area contributed by atoms with Crippen molar-refractivity contribution in [2.75, 3.05) is 20.2 Å². The lowest BCUT2D eigenvalue weighted by Gasteiger charge is -2.34. The van der Waals surface area contributed by atoms with Crippen molar-refractivity contribution in [1.82, 2.24) is 20.3 Å². The molecule has 0 bridgehead atoms. The predicted molar refractivity (Wildman–Crippen MR) is 114 cm³/mol. The van der Waals surface area contributed by atoms with Crippen LogP contribution in [0.3, 0.4) is 0 Å². The quantitative estimate of drug-likeness (QED) is 0.715. The average molecular weight is 422 g/mol. The molecule has 2 atom stereocenters. The molecule has 0 aliphatic carbocycles. The van der Waals surface area contributed by atoms with Gasteiger partial charge in [0.15, 0.2) is 0 Å². The van der Waals surface area contributed by atoms with Gasteiger partial charge in [-0.3, -0.25) is 24.9 Å². The third-order valence-electron chi connectivity index (χ3n) is 5.63. The van der Waals surface area contributed by atoms with Crippen LogP contribution in [0.25, 0.3) is 11.1 Å². The van der Waals surface area contributed by atoms with Crippen molar-refractivity contribution in [3.05, 3.63) is 66.3 Å². The van der Waals surface area contributed by atoms with Gasteiger partial charge in [-0.05, 0) is 42.2 Å². The molecule has 8 nitrogen and oxygen atoms in total. The van der Waals surface area contributed by atoms with Gasteiger partial charge in [-0.25, -0.2) is 0 Å². The zero-order chi connectivity index (χ0) is 21.8. The second-order valence-electron chi connectivity index (χ2n) is 7.79. The molecule has 4 rings (SSSR count). The summed E-state index contributed by atoms with van der Waals surface area (Å²) in [5, 5.41) is 9.96. The lowest BCUT2D eigenvalue weighted by Crippen LogP contribution is -2.51. The Hall–Kier alpha value is -3.23. The number of hydrogen-bond acceptors (Lipinski definition) is 6. The van der Waals surface area contributed by atoms with Crippen LogP contribution in [0.15, 0.2) is 60.7 Å². The molecule has 162 valence electrons. The molecule has 1 fully saturated rings. The number of hydroxylamine groups is 1. The number of amides is 2. The van der Waals surface area contributed by atoms with Gasteiger partial charge in [-0.1, -0.05) is 18.2 Å². The minimum Gasteiger partial charge on any atom is -0.391 e. The Balaban J connectivity index is 1.55. The number of β-amino-alcohol motifs (C(OH)–C–C–N with tert-alkyl or cyclic N) is 1. The van der Waals surface area contributed by atoms with E-state index in [-0.39, 0.29) is 11.8 Å². The lowest BCUT2D eigenvalue weighted by atomic mass is 10.0. The third kappa shape index (κ3) is 4.60. The van der Waals surface area contributed by atoms with E-state index >= 15 is 0 Å². The Morgan fingerprint density at radius 3 is 2.68 bits per heavy atom. The highest BCUT2D eigenvalue weighted by atomic mass is 16.6. The van der Waals surface area contributed by atoms with Gasteiger partial charge in [0.25, 0.3) is 5.91 Å². The number of carbonyl (C=O) groups excluding carboxylic acids is 2. The fourth-order valence-electron chi connectivity index (χ4n) is 4.08. The fraction of sp³-hybridized carbons (Fsp3) is 0.348. The van der Waals surface area contributed by atoms with Gasteiger partial charge >= 0.3 is 0 Å². The number of hydrogen-bond donors (Lipinski definition) is 2. The Labute approximate surface area is 181 Å². The molecular formula is C23H26N4O4. The highest BCUT2D eigenvalue weighted by Gasteiger charge is 2.38. The number of nitrogens with zero attached hydrogens (tertiary/aromatic N) is 3. The average Bonchev–Trinajstić information content (AvgIpc) is 3.23. The van der Waals surface area contributed by atoms with Crippen LogP contribution in [0, 0.1) is 0 Å². The second kappa shape index (κ2) is 9.28. The van der Waals surface area contributed by atoms with Crippen molar-refractivity contribution in [2.24, 2.45) is 0 Å². The number of carbonyl (C=O) groups is 2. The normalized spacial score (nSPS) is 21.0. The maximum Gasteiger partial charge on any atom is 0.258 e. The molecule has 2 amide bonds. The molecule has 1 aromatic heterocycles. The minimum atomic E-state index is -0.673. The molecule has 2 unspecified atom stereocenters. The highest BCUT2D eigenvalue weighted by Crippen LogP contribution is 2.26. The summed E-state index contributed by atoms with van der Waals surface area (Å²) in [7, 11) is 1.49. The lowest BCUT2D eigenvalue weighted by molar-refractivity contribution is -0.138. The van der Waals surface area contributed by atoms with E-state index in [9.17, 15) is 14.7 Å². The molecule has 3 heterocycles. The molecule has 0 saturated carbocycles. The van der Waals surface area contributed by atoms with Gasteiger partial charge in [0.1, 0.15) is 6.04 Å². The number of likely N-dealkylation sites (tertiary alicyclic amines) is 1. The van der Waals surface area contributed by atoms with E-state index in [4.69, 9.17) is 4.84 Å². The summed E-state index contributed by atoms with van der Waals surface area (Å²) in [4.78, 5) is 38.7. The fourth-order valence-corrected chi connectivity index (χ4v) is 4.08. The van der Waals surface area contributed by atoms with Crippen LogP contribution in [0.2, 0.25) is 0 Å². The van der Waals surface area contributed by atoms with Crippen LogP contribution in [-0.2, 0) is 9.63 Å². The van der Waals surface area contributed by atoms with E-state index in [0.29, 0.717) is 37.2 Å². The number of aliphatic hydroxyl groups excluding tert-OH is 1. The standard InChI is InChI=1S/C23H26N4O4/c1-31-25-19-12-21(23(30)26-11-3-5-20(28)15-26)27(14-19)22(29)17-8-6-16(7-9-17)18-4-2-10-24-13-18/h2,4,6-10,13-14,20-21,25,28H,3,5,11-12,15H2,1H3. The van der Waals surface area contributed by atoms with E-state index in [0.717, 1.165) is 17.5 Å². The van der Waals surface area contributed by atoms with E-state index < -0.39 is 12.1 Å². The summed E-state index contributed by atoms with van der Waals surface area (Å²) in [6.45, 7) is 0.880. The van der Waals surface area contributed by atoms with Crippen molar-refractivity contribution in [1.29, 1.82) is 0 Å². The van der Waals surface area contributed by atoms with Crippen LogP contribution in [0.1, 0.15) is 29.6 Å². The van der Waals surface area contributed by atoms with Gasteiger partial charge in [0.2, 0.25) is 5.91 Å². The summed E-state index contributed by atoms with van der Waals surface area (Å²) in [6.07, 6.45) is 6.36. The summed E-state index contributed by atoms with van der Waals surface area (Å²) >= 11 is 0. The Morgan fingerprint density at radius 1 is 1.19 bits per heavy atom. The summed E-state index contributed by atoms with van der Waals surface area (Å²) < 4.78 is 0. The van der Waals surface area contributed by atoms with Gasteiger partial charge in [-0.15, -0.1) is 0 Å². The smallest absolute Gasteiger partial charge is 0.258 e. The van der Waals surface area contributed by atoms with E-state index in [1.165, 1.54) is 12.0 Å². The van der Waals surface area contributed by atoms with Gasteiger partial charge in [-0.2, -0.15) is 0 Å². The summed E-state index contributed by atoms with van der Waals surface area (Å²) in [5.41, 5.74) is 5.81. The predicted octanol–water partition coefficient (Wildman–Crippen LogP) is 1.94. The van der Waals surface area contributed by atoms with Crippen molar-refractivity contribution in [3.8, 4) is 11.1 Å². The van der Waals surface area contributed by atoms with Gasteiger partial charge < -0.3 is 14.9 Å². The highest BCUT2D eigenvalue weighted by molar-refractivity contribution is 5.99. The van der Waals surface area contributed by atoms with Crippen molar-refractivity contribution in [2.45, 2.75) is 31.4 Å². The monoisotopic (exact) mass is 422 g/mol. The number of benzene rings is 1. The molecule has 2 N–H and O–H groups in total. The van der Waals surface area contributed by atoms with Crippen LogP contribution in [0.5, 0.6) is 0 Å². The minimum absolute atomic E-state index is 0.164. The number of pyridine rings is 1. The molecular weight excluding hydrogens is 396 g/mol. The molecule has 2 aliphatic rings. The molecule has 0 spiro atoms. The molecule has 0 radical (unpaired) electrons. The number of nitrogens with one attached hydrogen (secondary N) is 1. The molecule has 1 saturated heterocycles. The molecule has 31 heavy (non-hydrogen) atoms. The number of rotatable bonds is 5. The second-order valence-corrected chi connectivity index (χ2v) is 7.79. The molecule has 2 aliphatic heterocycles. The van der Waals surface area contributed by atoms with Crippen LogP contribution < -0.4 is 5.48 Å². The first-order valence-corrected chi connectivity index (χ1v) is 10.4. The molecule has 2 aromatic rings.